The number of allylic oxidation sites excluding steroid dienone is 9. The molecule has 0 aromatic rings. The summed E-state index contributed by atoms with van der Waals surface area (Å²) in [5.41, 5.74) is 0. The number of hydrogen-bond donors (Lipinski definition) is 12. The van der Waals surface area contributed by atoms with Gasteiger partial charge in [0.25, 0.3) is 0 Å². The lowest BCUT2D eigenvalue weighted by Gasteiger charge is -2.48. The molecule has 3 fully saturated rings. The van der Waals surface area contributed by atoms with Gasteiger partial charge in [0.2, 0.25) is 5.91 Å². The first-order valence-electron chi connectivity index (χ1n) is 42.5. The van der Waals surface area contributed by atoms with Crippen molar-refractivity contribution < 1.29 is 89.4 Å². The second-order valence-corrected chi connectivity index (χ2v) is 30.3. The Labute approximate surface area is 630 Å². The zero-order chi connectivity index (χ0) is 75.3. The van der Waals surface area contributed by atoms with Gasteiger partial charge in [0, 0.05) is 6.42 Å². The van der Waals surface area contributed by atoms with Gasteiger partial charge in [0.1, 0.15) is 73.2 Å². The first kappa shape index (κ1) is 95.7. The van der Waals surface area contributed by atoms with E-state index in [1.54, 1.807) is 6.08 Å². The van der Waals surface area contributed by atoms with E-state index in [4.69, 9.17) is 28.4 Å². The van der Waals surface area contributed by atoms with Gasteiger partial charge in [-0.05, 0) is 70.6 Å². The van der Waals surface area contributed by atoms with Gasteiger partial charge in [0.05, 0.1) is 38.6 Å². The minimum Gasteiger partial charge on any atom is -0.394 e. The Balaban J connectivity index is 1.36. The van der Waals surface area contributed by atoms with Crippen LogP contribution >= 0.6 is 0 Å². The van der Waals surface area contributed by atoms with Crippen LogP contribution in [-0.2, 0) is 33.2 Å². The molecule has 3 saturated heterocycles. The standard InChI is InChI=1S/C85H155NO18/c1-3-5-7-9-11-13-15-17-19-21-23-25-27-29-31-32-33-34-35-36-37-39-41-43-45-47-49-51-53-55-57-59-61-63-73(91)86-68(69(90)62-60-58-56-54-52-50-48-46-44-42-40-38-30-28-26-24-22-20-18-16-14-12-10-8-6-4-2)67-99-83-79(97)76(94)81(71(65-88)101-83)104-85-80(98)77(95)82(72(66-89)102-85)103-84-78(96)75(93)74(92)70(64-87)100-84/h15,17,21,23,27,29,52,54,60,62,68-72,74-85,87-90,92-98H,3-14,16,18-20,22,24-26,28,30-51,53,55-59,61,63-67H2,1-2H3,(H,86,91)/b17-15-,23-21-,29-27-,54-52+,62-60+. The highest BCUT2D eigenvalue weighted by Gasteiger charge is 2.54. The number of aliphatic hydroxyl groups excluding tert-OH is 11. The van der Waals surface area contributed by atoms with Crippen molar-refractivity contribution in [2.75, 3.05) is 26.4 Å². The quantitative estimate of drug-likeness (QED) is 0.0199. The van der Waals surface area contributed by atoms with E-state index in [0.29, 0.717) is 12.8 Å². The Kier molecular flexibility index (Phi) is 60.0. The average Bonchev–Trinajstić information content (AvgIpc) is 0.783. The normalized spacial score (nSPS) is 26.2. The Bertz CT molecular complexity index is 2110. The molecule has 3 heterocycles. The van der Waals surface area contributed by atoms with Gasteiger partial charge < -0.3 is 89.9 Å². The maximum Gasteiger partial charge on any atom is 0.220 e. The second-order valence-electron chi connectivity index (χ2n) is 30.3. The molecule has 104 heavy (non-hydrogen) atoms. The highest BCUT2D eigenvalue weighted by atomic mass is 16.8. The van der Waals surface area contributed by atoms with E-state index >= 15 is 0 Å². The minimum absolute atomic E-state index is 0.236. The third-order valence-electron chi connectivity index (χ3n) is 21.0. The van der Waals surface area contributed by atoms with Crippen molar-refractivity contribution in [1.82, 2.24) is 5.32 Å². The molecule has 0 spiro atoms. The lowest BCUT2D eigenvalue weighted by Crippen LogP contribution is -2.66. The molecule has 12 N–H and O–H groups in total. The zero-order valence-corrected chi connectivity index (χ0v) is 65.3. The molecule has 1 amide bonds. The van der Waals surface area contributed by atoms with Crippen molar-refractivity contribution >= 4 is 5.91 Å². The first-order valence-corrected chi connectivity index (χ1v) is 42.5. The summed E-state index contributed by atoms with van der Waals surface area (Å²) in [5, 5.41) is 121. The van der Waals surface area contributed by atoms with Crippen LogP contribution in [0.2, 0.25) is 0 Å². The predicted molar refractivity (Wildman–Crippen MR) is 415 cm³/mol. The zero-order valence-electron chi connectivity index (χ0n) is 65.3. The van der Waals surface area contributed by atoms with E-state index in [0.717, 1.165) is 51.4 Å². The Morgan fingerprint density at radius 1 is 0.346 bits per heavy atom. The van der Waals surface area contributed by atoms with Crippen LogP contribution in [-0.4, -0.2) is 193 Å². The number of unbranched alkanes of at least 4 members (excludes halogenated alkanes) is 44. The minimum atomic E-state index is -1.98. The van der Waals surface area contributed by atoms with Gasteiger partial charge >= 0.3 is 0 Å². The van der Waals surface area contributed by atoms with Gasteiger partial charge in [-0.15, -0.1) is 0 Å². The van der Waals surface area contributed by atoms with Crippen LogP contribution in [0.3, 0.4) is 0 Å². The van der Waals surface area contributed by atoms with Gasteiger partial charge in [-0.25, -0.2) is 0 Å². The van der Waals surface area contributed by atoms with Gasteiger partial charge in [-0.2, -0.15) is 0 Å². The monoisotopic (exact) mass is 1480 g/mol. The second kappa shape index (κ2) is 65.2. The van der Waals surface area contributed by atoms with E-state index in [2.05, 4.69) is 67.8 Å². The highest BCUT2D eigenvalue weighted by molar-refractivity contribution is 5.76. The third-order valence-corrected chi connectivity index (χ3v) is 21.0. The molecule has 0 saturated carbocycles. The first-order chi connectivity index (χ1) is 50.8. The fourth-order valence-electron chi connectivity index (χ4n) is 14.2. The summed E-state index contributed by atoms with van der Waals surface area (Å²) < 4.78 is 34.5. The molecule has 3 aliphatic heterocycles. The number of carbonyl (C=O) groups excluding carboxylic acids is 1. The predicted octanol–water partition coefficient (Wildman–Crippen LogP) is 15.0. The number of hydrogen-bond acceptors (Lipinski definition) is 18. The van der Waals surface area contributed by atoms with Crippen molar-refractivity contribution in [1.29, 1.82) is 0 Å². The molecule has 19 heteroatoms. The Hall–Kier alpha value is -2.51. The molecule has 0 aromatic heterocycles. The molecule has 0 radical (unpaired) electrons. The van der Waals surface area contributed by atoms with E-state index < -0.39 is 124 Å². The molecule has 17 unspecified atom stereocenters. The average molecular weight is 1480 g/mol. The van der Waals surface area contributed by atoms with Crippen LogP contribution in [0.5, 0.6) is 0 Å². The summed E-state index contributed by atoms with van der Waals surface area (Å²) in [5.74, 6) is -0.281. The number of rotatable bonds is 68. The van der Waals surface area contributed by atoms with Gasteiger partial charge in [0.15, 0.2) is 18.9 Å². The number of amides is 1. The fourth-order valence-corrected chi connectivity index (χ4v) is 14.2. The number of aliphatic hydroxyl groups is 11. The number of ether oxygens (including phenoxy) is 6. The van der Waals surface area contributed by atoms with Crippen molar-refractivity contribution in [3.63, 3.8) is 0 Å². The number of nitrogens with one attached hydrogen (secondary N) is 1. The van der Waals surface area contributed by atoms with Crippen LogP contribution in [0.1, 0.15) is 341 Å². The third kappa shape index (κ3) is 44.4. The van der Waals surface area contributed by atoms with Crippen LogP contribution < -0.4 is 5.32 Å². The van der Waals surface area contributed by atoms with E-state index in [9.17, 15) is 61.0 Å². The van der Waals surface area contributed by atoms with E-state index in [-0.39, 0.29) is 18.9 Å². The molecule has 19 nitrogen and oxygen atoms in total. The molecule has 608 valence electrons. The summed E-state index contributed by atoms with van der Waals surface area (Å²) in [6, 6.07) is -0.993. The van der Waals surface area contributed by atoms with Crippen LogP contribution in [0.15, 0.2) is 60.8 Å². The van der Waals surface area contributed by atoms with Crippen molar-refractivity contribution in [2.24, 2.45) is 0 Å². The molecule has 3 aliphatic rings. The van der Waals surface area contributed by atoms with Crippen LogP contribution in [0, 0.1) is 0 Å². The number of carbonyl (C=O) groups is 1. The molecule has 3 rings (SSSR count). The summed E-state index contributed by atoms with van der Waals surface area (Å²) in [7, 11) is 0. The van der Waals surface area contributed by atoms with Crippen molar-refractivity contribution in [3.05, 3.63) is 60.8 Å². The lowest BCUT2D eigenvalue weighted by atomic mass is 9.96. The van der Waals surface area contributed by atoms with E-state index in [1.807, 2.05) is 6.08 Å². The summed E-state index contributed by atoms with van der Waals surface area (Å²) in [6.45, 7) is 1.75. The molecular weight excluding hydrogens is 1320 g/mol. The summed E-state index contributed by atoms with van der Waals surface area (Å²) in [6.07, 6.45) is 57.9. The van der Waals surface area contributed by atoms with Gasteiger partial charge in [-0.3, -0.25) is 4.79 Å². The summed E-state index contributed by atoms with van der Waals surface area (Å²) >= 11 is 0. The molecule has 0 aliphatic carbocycles. The maximum absolute atomic E-state index is 13.5. The van der Waals surface area contributed by atoms with Crippen molar-refractivity contribution in [3.8, 4) is 0 Å². The Morgan fingerprint density at radius 3 is 1.03 bits per heavy atom. The highest BCUT2D eigenvalue weighted by Crippen LogP contribution is 2.33. The summed E-state index contributed by atoms with van der Waals surface area (Å²) in [4.78, 5) is 13.5. The van der Waals surface area contributed by atoms with Crippen LogP contribution in [0.25, 0.3) is 0 Å². The van der Waals surface area contributed by atoms with E-state index in [1.165, 1.54) is 257 Å². The largest absolute Gasteiger partial charge is 0.394 e. The topological polar surface area (TPSA) is 307 Å². The molecule has 0 aromatic carbocycles. The molecule has 17 atom stereocenters. The molecular formula is C85H155NO18. The van der Waals surface area contributed by atoms with Crippen molar-refractivity contribution in [2.45, 2.75) is 446 Å². The Morgan fingerprint density at radius 2 is 0.644 bits per heavy atom. The fraction of sp³-hybridized carbons (Fsp3) is 0.871. The SMILES string of the molecule is CCCCCCC/C=C\C/C=C\C/C=C\CCCCCCCCCCCCCCCCCCCCC(=O)NC(COC1OC(CO)C(OC2OC(CO)C(OC3OC(CO)C(O)C(O)C3O)C(O)C2O)C(O)C1O)C(O)/C=C/CC/C=C/CCCCCCCCCCCCCCCCCCCCCC. The van der Waals surface area contributed by atoms with Crippen LogP contribution in [0.4, 0.5) is 0 Å². The lowest BCUT2D eigenvalue weighted by molar-refractivity contribution is -0.379. The smallest absolute Gasteiger partial charge is 0.220 e. The molecule has 0 bridgehead atoms. The maximum atomic E-state index is 13.5. The van der Waals surface area contributed by atoms with Gasteiger partial charge in [-0.1, -0.05) is 325 Å².